The number of carbonyl (C=O) groups excluding carboxylic acids is 1. The predicted octanol–water partition coefficient (Wildman–Crippen LogP) is 3.78. The van der Waals surface area contributed by atoms with Crippen LogP contribution in [0, 0.1) is 5.41 Å². The molecule has 0 heterocycles. The van der Waals surface area contributed by atoms with Crippen molar-refractivity contribution in [3.63, 3.8) is 0 Å². The highest BCUT2D eigenvalue weighted by molar-refractivity contribution is 5.83. The molecule has 0 saturated heterocycles. The second-order valence-corrected chi connectivity index (χ2v) is 6.96. The molecule has 24 heavy (non-hydrogen) atoms. The Morgan fingerprint density at radius 2 is 1.71 bits per heavy atom. The van der Waals surface area contributed by atoms with E-state index in [-0.39, 0.29) is 5.41 Å². The van der Waals surface area contributed by atoms with Crippen LogP contribution in [0.5, 0.6) is 0 Å². The van der Waals surface area contributed by atoms with Gasteiger partial charge in [-0.05, 0) is 34.1 Å². The van der Waals surface area contributed by atoms with Crippen molar-refractivity contribution < 1.29 is 19.4 Å². The third kappa shape index (κ3) is 4.79. The minimum Gasteiger partial charge on any atom is -0.468 e. The number of hydrogen-bond donors (Lipinski definition) is 1. The summed E-state index contributed by atoms with van der Waals surface area (Å²) in [7, 11) is 2.63. The second kappa shape index (κ2) is 8.27. The molecule has 0 fully saturated rings. The Kier molecular flexibility index (Phi) is 6.93. The van der Waals surface area contributed by atoms with Gasteiger partial charge in [-0.3, -0.25) is 4.79 Å². The lowest BCUT2D eigenvalue weighted by molar-refractivity contribution is -0.157. The van der Waals surface area contributed by atoms with Gasteiger partial charge in [-0.2, -0.15) is 0 Å². The number of methoxy groups -OCH3 is 2. The standard InChI is InChI=1S/C20H28O4/c1-8-14-10-13(12-20(3,4)5)11-15(9-2)16(14)17(18(21)23-6)19(22)24-7/h8-11,17-18,21H,1-2,12H2,3-7H3. The maximum atomic E-state index is 12.2. The lowest BCUT2D eigenvalue weighted by Crippen LogP contribution is -2.30. The molecule has 0 bridgehead atoms. The molecule has 0 aromatic heterocycles. The zero-order chi connectivity index (χ0) is 18.5. The van der Waals surface area contributed by atoms with Crippen molar-refractivity contribution >= 4 is 18.1 Å². The van der Waals surface area contributed by atoms with E-state index in [1.807, 2.05) is 12.1 Å². The molecule has 4 heteroatoms. The maximum absolute atomic E-state index is 12.2. The lowest BCUT2D eigenvalue weighted by Gasteiger charge is -2.25. The number of benzene rings is 1. The Morgan fingerprint density at radius 3 is 2.04 bits per heavy atom. The summed E-state index contributed by atoms with van der Waals surface area (Å²) in [5.41, 5.74) is 3.37. The Morgan fingerprint density at radius 1 is 1.21 bits per heavy atom. The van der Waals surface area contributed by atoms with Gasteiger partial charge in [0, 0.05) is 7.11 Å². The van der Waals surface area contributed by atoms with Crippen molar-refractivity contribution in [1.29, 1.82) is 0 Å². The van der Waals surface area contributed by atoms with Crippen molar-refractivity contribution in [2.24, 2.45) is 5.41 Å². The first kappa shape index (κ1) is 20.1. The predicted molar refractivity (Wildman–Crippen MR) is 97.6 cm³/mol. The van der Waals surface area contributed by atoms with Gasteiger partial charge in [-0.1, -0.05) is 58.2 Å². The molecule has 0 aliphatic carbocycles. The third-order valence-electron chi connectivity index (χ3n) is 3.77. The molecule has 4 nitrogen and oxygen atoms in total. The molecule has 1 aromatic carbocycles. The van der Waals surface area contributed by atoms with Gasteiger partial charge in [0.25, 0.3) is 0 Å². The van der Waals surface area contributed by atoms with E-state index < -0.39 is 18.2 Å². The second-order valence-electron chi connectivity index (χ2n) is 6.96. The van der Waals surface area contributed by atoms with Gasteiger partial charge >= 0.3 is 5.97 Å². The van der Waals surface area contributed by atoms with Gasteiger partial charge in [0.05, 0.1) is 7.11 Å². The van der Waals surface area contributed by atoms with Crippen LogP contribution in [0.3, 0.4) is 0 Å². The highest BCUT2D eigenvalue weighted by atomic mass is 16.6. The molecule has 1 aromatic rings. The van der Waals surface area contributed by atoms with Crippen LogP contribution < -0.4 is 0 Å². The summed E-state index contributed by atoms with van der Waals surface area (Å²) in [6, 6.07) is 3.97. The highest BCUT2D eigenvalue weighted by Crippen LogP contribution is 2.33. The summed E-state index contributed by atoms with van der Waals surface area (Å²) in [6.45, 7) is 14.2. The highest BCUT2D eigenvalue weighted by Gasteiger charge is 2.33. The van der Waals surface area contributed by atoms with E-state index >= 15 is 0 Å². The van der Waals surface area contributed by atoms with Crippen molar-refractivity contribution in [2.75, 3.05) is 14.2 Å². The molecule has 0 saturated carbocycles. The summed E-state index contributed by atoms with van der Waals surface area (Å²) < 4.78 is 9.84. The Bertz CT molecular complexity index is 582. The summed E-state index contributed by atoms with van der Waals surface area (Å²) in [5, 5.41) is 10.2. The van der Waals surface area contributed by atoms with E-state index in [0.717, 1.165) is 23.1 Å². The van der Waals surface area contributed by atoms with Gasteiger partial charge in [0.2, 0.25) is 0 Å². The molecule has 0 aliphatic rings. The van der Waals surface area contributed by atoms with Crippen molar-refractivity contribution in [1.82, 2.24) is 0 Å². The van der Waals surface area contributed by atoms with Crippen LogP contribution in [0.1, 0.15) is 48.9 Å². The summed E-state index contributed by atoms with van der Waals surface area (Å²) in [6.07, 6.45) is 2.90. The fraction of sp³-hybridized carbons (Fsp3) is 0.450. The van der Waals surface area contributed by atoms with E-state index in [1.54, 1.807) is 12.2 Å². The molecular weight excluding hydrogens is 304 g/mol. The van der Waals surface area contributed by atoms with E-state index in [9.17, 15) is 9.90 Å². The molecule has 2 unspecified atom stereocenters. The molecule has 1 rings (SSSR count). The topological polar surface area (TPSA) is 55.8 Å². The normalized spacial score (nSPS) is 13.9. The zero-order valence-corrected chi connectivity index (χ0v) is 15.3. The van der Waals surface area contributed by atoms with E-state index in [1.165, 1.54) is 14.2 Å². The van der Waals surface area contributed by atoms with E-state index in [4.69, 9.17) is 9.47 Å². The van der Waals surface area contributed by atoms with Crippen LogP contribution in [0.2, 0.25) is 0 Å². The minimum atomic E-state index is -1.32. The molecule has 0 radical (unpaired) electrons. The number of aliphatic hydroxyl groups is 1. The summed E-state index contributed by atoms with van der Waals surface area (Å²) in [4.78, 5) is 12.2. The van der Waals surface area contributed by atoms with Crippen LogP contribution in [0.4, 0.5) is 0 Å². The molecule has 0 aliphatic heterocycles. The van der Waals surface area contributed by atoms with Gasteiger partial charge < -0.3 is 14.6 Å². The maximum Gasteiger partial charge on any atom is 0.318 e. The monoisotopic (exact) mass is 332 g/mol. The van der Waals surface area contributed by atoms with Gasteiger partial charge in [0.15, 0.2) is 6.29 Å². The van der Waals surface area contributed by atoms with Gasteiger partial charge in [-0.25, -0.2) is 0 Å². The molecular formula is C20H28O4. The van der Waals surface area contributed by atoms with Crippen LogP contribution in [0.25, 0.3) is 12.2 Å². The van der Waals surface area contributed by atoms with Crippen molar-refractivity contribution in [2.45, 2.75) is 39.4 Å². The smallest absolute Gasteiger partial charge is 0.318 e. The van der Waals surface area contributed by atoms with Crippen LogP contribution in [-0.4, -0.2) is 31.6 Å². The first-order valence-corrected chi connectivity index (χ1v) is 7.88. The summed E-state index contributed by atoms with van der Waals surface area (Å²) in [5.74, 6) is -1.54. The third-order valence-corrected chi connectivity index (χ3v) is 3.77. The van der Waals surface area contributed by atoms with Crippen molar-refractivity contribution in [3.05, 3.63) is 47.5 Å². The van der Waals surface area contributed by atoms with Crippen LogP contribution in [-0.2, 0) is 20.7 Å². The largest absolute Gasteiger partial charge is 0.468 e. The number of aliphatic hydroxyl groups excluding tert-OH is 1. The summed E-state index contributed by atoms with van der Waals surface area (Å²) >= 11 is 0. The Labute approximate surface area is 144 Å². The fourth-order valence-electron chi connectivity index (χ4n) is 2.81. The lowest BCUT2D eigenvalue weighted by atomic mass is 9.83. The number of carbonyl (C=O) groups is 1. The average Bonchev–Trinajstić information content (AvgIpc) is 2.53. The Balaban J connectivity index is 3.57. The first-order chi connectivity index (χ1) is 11.2. The van der Waals surface area contributed by atoms with Gasteiger partial charge in [-0.15, -0.1) is 0 Å². The average molecular weight is 332 g/mol. The number of ether oxygens (including phenoxy) is 2. The SMILES string of the molecule is C=Cc1cc(CC(C)(C)C)cc(C=C)c1C(C(=O)OC)C(O)OC. The first-order valence-electron chi connectivity index (χ1n) is 7.88. The number of rotatable bonds is 7. The fourth-order valence-corrected chi connectivity index (χ4v) is 2.81. The zero-order valence-electron chi connectivity index (χ0n) is 15.3. The molecule has 2 atom stereocenters. The molecule has 1 N–H and O–H groups in total. The number of hydrogen-bond acceptors (Lipinski definition) is 4. The minimum absolute atomic E-state index is 0.117. The van der Waals surface area contributed by atoms with Gasteiger partial charge in [0.1, 0.15) is 5.92 Å². The quantitative estimate of drug-likeness (QED) is 0.610. The van der Waals surface area contributed by atoms with E-state index in [0.29, 0.717) is 5.56 Å². The molecule has 0 amide bonds. The van der Waals surface area contributed by atoms with E-state index in [2.05, 4.69) is 33.9 Å². The van der Waals surface area contributed by atoms with Crippen LogP contribution in [0.15, 0.2) is 25.3 Å². The number of esters is 1. The molecule has 132 valence electrons. The Hall–Kier alpha value is -1.91. The van der Waals surface area contributed by atoms with Crippen molar-refractivity contribution in [3.8, 4) is 0 Å². The molecule has 0 spiro atoms. The van der Waals surface area contributed by atoms with Crippen LogP contribution >= 0.6 is 0 Å².